The summed E-state index contributed by atoms with van der Waals surface area (Å²) in [6.07, 6.45) is 0.899. The van der Waals surface area contributed by atoms with Crippen molar-refractivity contribution in [3.8, 4) is 0 Å². The minimum absolute atomic E-state index is 0.157. The number of esters is 1. The largest absolute Gasteiger partial charge is 0.692 e. The third-order valence-electron chi connectivity index (χ3n) is 1.61. The van der Waals surface area contributed by atoms with Crippen LogP contribution in [0.1, 0.15) is 52.9 Å². The van der Waals surface area contributed by atoms with Crippen LogP contribution >= 0.6 is 8.25 Å². The number of ether oxygens (including phenoxy) is 1. The van der Waals surface area contributed by atoms with Gasteiger partial charge in [0.25, 0.3) is 0 Å². The average Bonchev–Trinajstić information content (AvgIpc) is 2.38. The highest BCUT2D eigenvalue weighted by molar-refractivity contribution is 7.30. The first-order valence-corrected chi connectivity index (χ1v) is 7.89. The van der Waals surface area contributed by atoms with Gasteiger partial charge < -0.3 is 25.2 Å². The maximum absolute atomic E-state index is 9.96. The Morgan fingerprint density at radius 2 is 1.23 bits per heavy atom. The molecule has 0 aromatic carbocycles. The molecule has 0 saturated heterocycles. The van der Waals surface area contributed by atoms with Crippen molar-refractivity contribution in [3.63, 3.8) is 0 Å². The standard InChI is InChI=1S/C4H8O2.2C4H10O2.HO3P/c1-3-4(5)6-2;2*1-2-3-4(5)6;1-4(2)3/h3H2,1-2H3;2*4-6H,2-3H2,1H3;(H-,1,2,3)/p+1. The lowest BCUT2D eigenvalue weighted by Crippen LogP contribution is -2.01. The molecule has 0 amide bonds. The SMILES string of the molecule is CCC(=O)OC.CCCC(O)O.CCCC(O)O.O=[P+](O)O. The molecule has 0 aromatic heterocycles. The van der Waals surface area contributed by atoms with Crippen LogP contribution in [-0.4, -0.2) is 55.9 Å². The molecule has 0 radical (unpaired) electrons. The number of rotatable bonds is 5. The molecular formula is C12H30O9P+. The van der Waals surface area contributed by atoms with E-state index in [9.17, 15) is 4.79 Å². The van der Waals surface area contributed by atoms with Gasteiger partial charge in [-0.2, -0.15) is 0 Å². The second-order valence-corrected chi connectivity index (χ2v) is 4.23. The molecule has 0 rings (SSSR count). The van der Waals surface area contributed by atoms with Crippen LogP contribution in [0.4, 0.5) is 0 Å². The van der Waals surface area contributed by atoms with Crippen molar-refractivity contribution in [2.75, 3.05) is 7.11 Å². The molecule has 136 valence electrons. The van der Waals surface area contributed by atoms with E-state index in [0.29, 0.717) is 19.3 Å². The van der Waals surface area contributed by atoms with Crippen LogP contribution in [0.2, 0.25) is 0 Å². The van der Waals surface area contributed by atoms with E-state index in [1.807, 2.05) is 13.8 Å². The molecule has 0 unspecified atom stereocenters. The van der Waals surface area contributed by atoms with E-state index in [4.69, 9.17) is 34.8 Å². The molecule has 0 fully saturated rings. The summed E-state index contributed by atoms with van der Waals surface area (Å²) < 4.78 is 13.0. The fourth-order valence-electron chi connectivity index (χ4n) is 0.661. The van der Waals surface area contributed by atoms with Gasteiger partial charge >= 0.3 is 14.2 Å². The first kappa shape index (κ1) is 29.4. The lowest BCUT2D eigenvalue weighted by atomic mass is 10.3. The number of hydrogen-bond donors (Lipinski definition) is 6. The molecule has 0 aliphatic carbocycles. The summed E-state index contributed by atoms with van der Waals surface area (Å²) in [5.41, 5.74) is 0. The summed E-state index contributed by atoms with van der Waals surface area (Å²) in [6.45, 7) is 5.56. The zero-order valence-corrected chi connectivity index (χ0v) is 14.4. The van der Waals surface area contributed by atoms with Crippen LogP contribution in [0, 0.1) is 0 Å². The lowest BCUT2D eigenvalue weighted by Gasteiger charge is -1.94. The Labute approximate surface area is 132 Å². The fourth-order valence-corrected chi connectivity index (χ4v) is 0.661. The Bertz CT molecular complexity index is 215. The van der Waals surface area contributed by atoms with Crippen molar-refractivity contribution in [3.05, 3.63) is 0 Å². The molecule has 0 aromatic rings. The molecule has 22 heavy (non-hydrogen) atoms. The second kappa shape index (κ2) is 25.3. The third kappa shape index (κ3) is 74.6. The minimum atomic E-state index is -2.87. The van der Waals surface area contributed by atoms with E-state index in [1.54, 1.807) is 6.92 Å². The number of aliphatic hydroxyl groups excluding tert-OH is 2. The van der Waals surface area contributed by atoms with Gasteiger partial charge in [-0.15, -0.1) is 9.79 Å². The predicted octanol–water partition coefficient (Wildman–Crippen LogP) is 0.392. The molecule has 6 N–H and O–H groups in total. The molecule has 0 spiro atoms. The van der Waals surface area contributed by atoms with Gasteiger partial charge in [0, 0.05) is 11.0 Å². The van der Waals surface area contributed by atoms with Crippen molar-refractivity contribution < 1.29 is 44.3 Å². The number of hydrogen-bond acceptors (Lipinski definition) is 7. The zero-order valence-electron chi connectivity index (χ0n) is 13.5. The summed E-state index contributed by atoms with van der Waals surface area (Å²) in [7, 11) is -1.49. The third-order valence-corrected chi connectivity index (χ3v) is 1.61. The Hall–Kier alpha value is -0.670. The van der Waals surface area contributed by atoms with Gasteiger partial charge in [-0.05, 0) is 12.8 Å². The summed E-state index contributed by atoms with van der Waals surface area (Å²) in [6, 6.07) is 0. The molecule has 0 aliphatic rings. The molecule has 0 atom stereocenters. The van der Waals surface area contributed by atoms with Crippen LogP contribution in [0.25, 0.3) is 0 Å². The van der Waals surface area contributed by atoms with E-state index in [2.05, 4.69) is 4.74 Å². The van der Waals surface area contributed by atoms with Crippen molar-refractivity contribution in [1.82, 2.24) is 0 Å². The van der Waals surface area contributed by atoms with Gasteiger partial charge in [0.15, 0.2) is 12.6 Å². The maximum Gasteiger partial charge on any atom is 0.692 e. The molecule has 0 saturated carbocycles. The average molecular weight is 349 g/mol. The van der Waals surface area contributed by atoms with Gasteiger partial charge in [-0.25, -0.2) is 0 Å². The lowest BCUT2D eigenvalue weighted by molar-refractivity contribution is -0.140. The first-order valence-electron chi connectivity index (χ1n) is 6.72. The van der Waals surface area contributed by atoms with Crippen LogP contribution in [0.15, 0.2) is 0 Å². The van der Waals surface area contributed by atoms with E-state index in [0.717, 1.165) is 12.8 Å². The smallest absolute Gasteiger partial charge is 0.469 e. The van der Waals surface area contributed by atoms with E-state index in [-0.39, 0.29) is 5.97 Å². The van der Waals surface area contributed by atoms with Crippen LogP contribution < -0.4 is 0 Å². The molecule has 9 nitrogen and oxygen atoms in total. The molecule has 0 bridgehead atoms. The second-order valence-electron chi connectivity index (χ2n) is 3.72. The van der Waals surface area contributed by atoms with Crippen molar-refractivity contribution in [1.29, 1.82) is 0 Å². The van der Waals surface area contributed by atoms with Crippen LogP contribution in [0.3, 0.4) is 0 Å². The highest BCUT2D eigenvalue weighted by Gasteiger charge is 1.93. The van der Waals surface area contributed by atoms with Crippen molar-refractivity contribution in [2.24, 2.45) is 0 Å². The fraction of sp³-hybridized carbons (Fsp3) is 0.917. The van der Waals surface area contributed by atoms with Crippen molar-refractivity contribution in [2.45, 2.75) is 65.5 Å². The summed E-state index contributed by atoms with van der Waals surface area (Å²) in [4.78, 5) is 24.2. The highest BCUT2D eigenvalue weighted by atomic mass is 31.1. The van der Waals surface area contributed by atoms with Gasteiger partial charge in [0.2, 0.25) is 0 Å². The van der Waals surface area contributed by atoms with Crippen LogP contribution in [-0.2, 0) is 14.1 Å². The van der Waals surface area contributed by atoms with Gasteiger partial charge in [-0.3, -0.25) is 4.79 Å². The normalized spacial score (nSPS) is 8.73. The number of aliphatic hydroxyl groups is 4. The van der Waals surface area contributed by atoms with Crippen molar-refractivity contribution >= 4 is 14.2 Å². The molecule has 0 aliphatic heterocycles. The topological polar surface area (TPSA) is 165 Å². The van der Waals surface area contributed by atoms with Crippen LogP contribution in [0.5, 0.6) is 0 Å². The summed E-state index contributed by atoms with van der Waals surface area (Å²) >= 11 is 0. The van der Waals surface area contributed by atoms with Gasteiger partial charge in [-0.1, -0.05) is 33.6 Å². The highest BCUT2D eigenvalue weighted by Crippen LogP contribution is 1.98. The first-order chi connectivity index (χ1) is 10.1. The van der Waals surface area contributed by atoms with E-state index in [1.165, 1.54) is 7.11 Å². The molecular weight excluding hydrogens is 319 g/mol. The predicted molar refractivity (Wildman–Crippen MR) is 80.6 cm³/mol. The Morgan fingerprint density at radius 3 is 1.23 bits per heavy atom. The van der Waals surface area contributed by atoms with E-state index < -0.39 is 20.8 Å². The number of carbonyl (C=O) groups excluding carboxylic acids is 1. The number of methoxy groups -OCH3 is 1. The van der Waals surface area contributed by atoms with Gasteiger partial charge in [0.05, 0.1) is 7.11 Å². The molecule has 10 heteroatoms. The van der Waals surface area contributed by atoms with E-state index >= 15 is 0 Å². The zero-order chi connectivity index (χ0) is 18.6. The minimum Gasteiger partial charge on any atom is -0.469 e. The maximum atomic E-state index is 9.96. The Morgan fingerprint density at radius 1 is 0.955 bits per heavy atom. The summed E-state index contributed by atoms with van der Waals surface area (Å²) in [5.74, 6) is -0.157. The monoisotopic (exact) mass is 349 g/mol. The Balaban J connectivity index is -0.0000000994. The Kier molecular flexibility index (Phi) is 33.7. The quantitative estimate of drug-likeness (QED) is 0.234. The van der Waals surface area contributed by atoms with Gasteiger partial charge in [0.1, 0.15) is 0 Å². The molecule has 0 heterocycles. The number of carbonyl (C=O) groups is 1. The summed E-state index contributed by atoms with van der Waals surface area (Å²) in [5, 5.41) is 32.4.